The van der Waals surface area contributed by atoms with Crippen molar-refractivity contribution in [1.29, 1.82) is 0 Å². The summed E-state index contributed by atoms with van der Waals surface area (Å²) in [6.45, 7) is 0.940. The summed E-state index contributed by atoms with van der Waals surface area (Å²) in [7, 11) is 0. The molecule has 1 atom stereocenters. The van der Waals surface area contributed by atoms with E-state index in [4.69, 9.17) is 0 Å². The number of benzene rings is 1. The highest BCUT2D eigenvalue weighted by Gasteiger charge is 2.22. The highest BCUT2D eigenvalue weighted by atomic mass is 79.9. The van der Waals surface area contributed by atoms with E-state index in [2.05, 4.69) is 26.6 Å². The lowest BCUT2D eigenvalue weighted by Gasteiger charge is -2.10. The van der Waals surface area contributed by atoms with Gasteiger partial charge in [-0.2, -0.15) is 0 Å². The number of amides is 1. The van der Waals surface area contributed by atoms with Crippen LogP contribution in [0, 0.1) is 10.1 Å². The average molecular weight is 314 g/mol. The van der Waals surface area contributed by atoms with Crippen LogP contribution in [0.3, 0.4) is 0 Å². The van der Waals surface area contributed by atoms with Crippen LogP contribution in [0.2, 0.25) is 0 Å². The molecule has 1 amide bonds. The number of halogens is 1. The van der Waals surface area contributed by atoms with Gasteiger partial charge in [-0.05, 0) is 12.1 Å². The van der Waals surface area contributed by atoms with Crippen LogP contribution in [0.5, 0.6) is 0 Å². The lowest BCUT2D eigenvalue weighted by Crippen LogP contribution is -2.30. The maximum atomic E-state index is 11.0. The Morgan fingerprint density at radius 3 is 2.94 bits per heavy atom. The fraction of sp³-hybridized carbons (Fsp3) is 0.364. The largest absolute Gasteiger partial charge is 0.354 e. The number of carbonyl (C=O) groups excluding carboxylic acids is 1. The van der Waals surface area contributed by atoms with Crippen LogP contribution in [-0.2, 0) is 11.3 Å². The van der Waals surface area contributed by atoms with E-state index in [1.807, 2.05) is 0 Å². The van der Waals surface area contributed by atoms with Gasteiger partial charge < -0.3 is 10.6 Å². The molecule has 2 rings (SSSR count). The molecular weight excluding hydrogens is 302 g/mol. The second-order valence-corrected chi connectivity index (χ2v) is 5.03. The molecule has 1 heterocycles. The molecule has 7 heteroatoms. The first kappa shape index (κ1) is 13.0. The maximum absolute atomic E-state index is 11.0. The van der Waals surface area contributed by atoms with Crippen LogP contribution in [0.4, 0.5) is 5.69 Å². The Balaban J connectivity index is 2.06. The summed E-state index contributed by atoms with van der Waals surface area (Å²) in [5, 5.41) is 16.7. The van der Waals surface area contributed by atoms with E-state index in [-0.39, 0.29) is 17.6 Å². The summed E-state index contributed by atoms with van der Waals surface area (Å²) in [5.74, 6) is 0.0104. The van der Waals surface area contributed by atoms with Gasteiger partial charge in [-0.25, -0.2) is 0 Å². The van der Waals surface area contributed by atoms with Crippen molar-refractivity contribution in [2.75, 3.05) is 6.54 Å². The Kier molecular flexibility index (Phi) is 3.93. The van der Waals surface area contributed by atoms with E-state index in [1.54, 1.807) is 12.1 Å². The third-order valence-corrected chi connectivity index (χ3v) is 3.29. The Morgan fingerprint density at radius 1 is 1.56 bits per heavy atom. The van der Waals surface area contributed by atoms with Crippen LogP contribution in [0.1, 0.15) is 12.0 Å². The summed E-state index contributed by atoms with van der Waals surface area (Å²) in [6, 6.07) is 4.87. The molecular formula is C11H12BrN3O3. The van der Waals surface area contributed by atoms with Crippen molar-refractivity contribution < 1.29 is 9.72 Å². The standard InChI is InChI=1S/C11H12BrN3O3/c12-8-1-2-10(15(17)18)7(3-8)5-13-9-4-11(16)14-6-9/h1-3,9,13H,4-6H2,(H,14,16). The zero-order valence-corrected chi connectivity index (χ0v) is 11.1. The lowest BCUT2D eigenvalue weighted by atomic mass is 10.1. The van der Waals surface area contributed by atoms with Gasteiger partial charge in [0.25, 0.3) is 5.69 Å². The smallest absolute Gasteiger partial charge is 0.273 e. The minimum Gasteiger partial charge on any atom is -0.354 e. The molecule has 1 aromatic carbocycles. The fourth-order valence-corrected chi connectivity index (χ4v) is 2.29. The molecule has 1 aromatic rings. The van der Waals surface area contributed by atoms with Crippen molar-refractivity contribution in [3.63, 3.8) is 0 Å². The fourth-order valence-electron chi connectivity index (χ4n) is 1.88. The minimum absolute atomic E-state index is 0.0104. The Hall–Kier alpha value is -1.47. The zero-order chi connectivity index (χ0) is 13.1. The highest BCUT2D eigenvalue weighted by molar-refractivity contribution is 9.10. The van der Waals surface area contributed by atoms with E-state index >= 15 is 0 Å². The van der Waals surface area contributed by atoms with Gasteiger partial charge in [-0.15, -0.1) is 0 Å². The molecule has 0 radical (unpaired) electrons. The molecule has 0 aliphatic carbocycles. The molecule has 6 nitrogen and oxygen atoms in total. The van der Waals surface area contributed by atoms with Crippen LogP contribution >= 0.6 is 15.9 Å². The number of hydrogen-bond donors (Lipinski definition) is 2. The molecule has 0 saturated carbocycles. The predicted molar refractivity (Wildman–Crippen MR) is 69.1 cm³/mol. The van der Waals surface area contributed by atoms with Crippen molar-refractivity contribution in [1.82, 2.24) is 10.6 Å². The second kappa shape index (κ2) is 5.45. The molecule has 96 valence electrons. The summed E-state index contributed by atoms with van der Waals surface area (Å²) >= 11 is 3.29. The third-order valence-electron chi connectivity index (χ3n) is 2.80. The van der Waals surface area contributed by atoms with Crippen molar-refractivity contribution in [2.24, 2.45) is 0 Å². The van der Waals surface area contributed by atoms with Crippen molar-refractivity contribution in [3.8, 4) is 0 Å². The molecule has 2 N–H and O–H groups in total. The van der Waals surface area contributed by atoms with Gasteiger partial charge in [-0.3, -0.25) is 14.9 Å². The van der Waals surface area contributed by atoms with E-state index in [1.165, 1.54) is 6.07 Å². The monoisotopic (exact) mass is 313 g/mol. The number of carbonyl (C=O) groups is 1. The van der Waals surface area contributed by atoms with E-state index < -0.39 is 4.92 Å². The predicted octanol–water partition coefficient (Wildman–Crippen LogP) is 1.34. The minimum atomic E-state index is -0.401. The molecule has 1 saturated heterocycles. The van der Waals surface area contributed by atoms with E-state index in [9.17, 15) is 14.9 Å². The van der Waals surface area contributed by atoms with E-state index in [0.29, 0.717) is 25.1 Å². The lowest BCUT2D eigenvalue weighted by molar-refractivity contribution is -0.385. The number of hydrogen-bond acceptors (Lipinski definition) is 4. The first-order chi connectivity index (χ1) is 8.56. The van der Waals surface area contributed by atoms with Gasteiger partial charge in [0.15, 0.2) is 0 Å². The number of nitro groups is 1. The Bertz CT molecular complexity index is 492. The van der Waals surface area contributed by atoms with Gasteiger partial charge in [0.2, 0.25) is 5.91 Å². The summed E-state index contributed by atoms with van der Waals surface area (Å²) in [5.41, 5.74) is 0.691. The molecule has 1 aliphatic heterocycles. The quantitative estimate of drug-likeness (QED) is 0.649. The topological polar surface area (TPSA) is 84.3 Å². The summed E-state index contributed by atoms with van der Waals surface area (Å²) in [6.07, 6.45) is 0.418. The Morgan fingerprint density at radius 2 is 2.33 bits per heavy atom. The van der Waals surface area contributed by atoms with Crippen molar-refractivity contribution in [2.45, 2.75) is 19.0 Å². The van der Waals surface area contributed by atoms with Crippen LogP contribution in [0.15, 0.2) is 22.7 Å². The zero-order valence-electron chi connectivity index (χ0n) is 9.48. The number of rotatable bonds is 4. The Labute approximate surface area is 112 Å². The van der Waals surface area contributed by atoms with Gasteiger partial charge in [0, 0.05) is 41.7 Å². The SMILES string of the molecule is O=C1CC(NCc2cc(Br)ccc2[N+](=O)[O-])CN1. The summed E-state index contributed by atoms with van der Waals surface area (Å²) < 4.78 is 0.797. The third kappa shape index (κ3) is 3.05. The van der Waals surface area contributed by atoms with Gasteiger partial charge in [0.1, 0.15) is 0 Å². The maximum Gasteiger partial charge on any atom is 0.273 e. The number of nitrogens with one attached hydrogen (secondary N) is 2. The van der Waals surface area contributed by atoms with Crippen molar-refractivity contribution in [3.05, 3.63) is 38.3 Å². The van der Waals surface area contributed by atoms with E-state index in [0.717, 1.165) is 4.47 Å². The summed E-state index contributed by atoms with van der Waals surface area (Å²) in [4.78, 5) is 21.5. The average Bonchev–Trinajstić information content (AvgIpc) is 2.72. The first-order valence-electron chi connectivity index (χ1n) is 5.49. The van der Waals surface area contributed by atoms with Gasteiger partial charge in [-0.1, -0.05) is 15.9 Å². The molecule has 0 aromatic heterocycles. The molecule has 0 bridgehead atoms. The normalized spacial score (nSPS) is 18.7. The molecule has 1 aliphatic rings. The van der Waals surface area contributed by atoms with Crippen LogP contribution in [0.25, 0.3) is 0 Å². The van der Waals surface area contributed by atoms with Crippen LogP contribution in [-0.4, -0.2) is 23.4 Å². The molecule has 18 heavy (non-hydrogen) atoms. The molecule has 1 fully saturated rings. The second-order valence-electron chi connectivity index (χ2n) is 4.12. The van der Waals surface area contributed by atoms with Crippen molar-refractivity contribution >= 4 is 27.5 Å². The number of nitro benzene ring substituents is 1. The molecule has 1 unspecified atom stereocenters. The van der Waals surface area contributed by atoms with Gasteiger partial charge >= 0.3 is 0 Å². The van der Waals surface area contributed by atoms with Gasteiger partial charge in [0.05, 0.1) is 4.92 Å². The molecule has 0 spiro atoms. The number of nitrogens with zero attached hydrogens (tertiary/aromatic N) is 1. The first-order valence-corrected chi connectivity index (χ1v) is 6.28. The van der Waals surface area contributed by atoms with Crippen LogP contribution < -0.4 is 10.6 Å². The highest BCUT2D eigenvalue weighted by Crippen LogP contribution is 2.23.